The van der Waals surface area contributed by atoms with Crippen molar-refractivity contribution < 1.29 is 32.2 Å². The second kappa shape index (κ2) is 8.31. The van der Waals surface area contributed by atoms with Crippen LogP contribution in [0.5, 0.6) is 0 Å². The van der Waals surface area contributed by atoms with Crippen LogP contribution in [0.4, 0.5) is 8.78 Å². The van der Waals surface area contributed by atoms with E-state index in [4.69, 9.17) is 15.8 Å². The number of amides is 4. The zero-order valence-electron chi connectivity index (χ0n) is 19.4. The van der Waals surface area contributed by atoms with Crippen LogP contribution in [0.1, 0.15) is 41.3 Å². The first-order valence-electron chi connectivity index (χ1n) is 11.1. The number of rotatable bonds is 5. The van der Waals surface area contributed by atoms with E-state index in [1.54, 1.807) is 0 Å². The van der Waals surface area contributed by atoms with Gasteiger partial charge in [0.15, 0.2) is 2.82 Å². The molecule has 0 saturated carbocycles. The average molecular weight is 465 g/mol. The van der Waals surface area contributed by atoms with Crippen LogP contribution in [0.2, 0.25) is 7.85 Å². The standard InChI is InChI=1S/C22H18ClF2N3O4/c23-15-4-2-14(3-5-15)22(24,25)21(32)26-10-12-1-6-16-13(9-12)11-28(20(16)31)17-7-8-18(29)27-19(17)30/h1-6,9,17H,7-8,10-11H2,(H,26,32)(H,27,29,30)/i10D/hD2. The summed E-state index contributed by atoms with van der Waals surface area (Å²) in [5, 5.41) is 0.288. The number of piperidine rings is 1. The highest BCUT2D eigenvalue weighted by atomic mass is 35.5. The van der Waals surface area contributed by atoms with Gasteiger partial charge in [-0.1, -0.05) is 35.9 Å². The van der Waals surface area contributed by atoms with Crippen molar-refractivity contribution in [1.29, 1.82) is 0 Å². The van der Waals surface area contributed by atoms with Gasteiger partial charge in [0.1, 0.15) is 6.04 Å². The third-order valence-electron chi connectivity index (χ3n) is 5.30. The van der Waals surface area contributed by atoms with Crippen molar-refractivity contribution in [2.45, 2.75) is 37.9 Å². The molecule has 166 valence electrons. The van der Waals surface area contributed by atoms with Crippen LogP contribution in [0.3, 0.4) is 0 Å². The number of alkyl halides is 2. The van der Waals surface area contributed by atoms with Gasteiger partial charge in [0.2, 0.25) is 11.8 Å². The molecule has 0 aromatic heterocycles. The predicted molar refractivity (Wildman–Crippen MR) is 110 cm³/mol. The van der Waals surface area contributed by atoms with Crippen LogP contribution in [0.25, 0.3) is 0 Å². The Hall–Kier alpha value is -3.33. The van der Waals surface area contributed by atoms with E-state index in [1.165, 1.54) is 35.2 Å². The minimum atomic E-state index is -4.07. The van der Waals surface area contributed by atoms with Gasteiger partial charge in [-0.25, -0.2) is 0 Å². The Balaban J connectivity index is 1.53. The molecule has 2 aromatic carbocycles. The number of hydrogen-bond acceptors (Lipinski definition) is 4. The summed E-state index contributed by atoms with van der Waals surface area (Å²) in [4.78, 5) is 50.3. The van der Waals surface area contributed by atoms with Gasteiger partial charge in [-0.05, 0) is 35.7 Å². The molecule has 4 rings (SSSR count). The monoisotopic (exact) mass is 464 g/mol. The molecule has 2 atom stereocenters. The normalized spacial score (nSPS) is 21.0. The van der Waals surface area contributed by atoms with Crippen molar-refractivity contribution in [3.05, 3.63) is 69.7 Å². The van der Waals surface area contributed by atoms with Gasteiger partial charge in [0.05, 0.1) is 1.37 Å². The Morgan fingerprint density at radius 3 is 2.72 bits per heavy atom. The third kappa shape index (κ3) is 4.08. The molecular formula is C22H18ClF2N3O4. The van der Waals surface area contributed by atoms with Crippen LogP contribution in [0, 0.1) is 0 Å². The number of hydrogen-bond donors (Lipinski definition) is 2. The summed E-state index contributed by atoms with van der Waals surface area (Å²) in [7, 11) is 0. The van der Waals surface area contributed by atoms with Crippen LogP contribution >= 0.6 is 11.6 Å². The maximum atomic E-state index is 14.7. The van der Waals surface area contributed by atoms with Gasteiger partial charge in [0.25, 0.3) is 11.8 Å². The van der Waals surface area contributed by atoms with Gasteiger partial charge in [-0.15, -0.1) is 0 Å². The molecule has 10 heteroatoms. The van der Waals surface area contributed by atoms with E-state index in [0.717, 1.165) is 12.1 Å². The first-order valence-corrected chi connectivity index (χ1v) is 9.99. The molecule has 7 nitrogen and oxygen atoms in total. The summed E-state index contributed by atoms with van der Waals surface area (Å²) in [5.74, 6) is -7.98. The molecule has 1 fully saturated rings. The van der Waals surface area contributed by atoms with Crippen molar-refractivity contribution >= 4 is 35.2 Å². The second-order valence-corrected chi connectivity index (χ2v) is 7.83. The maximum Gasteiger partial charge on any atom is 0.349 e. The highest BCUT2D eigenvalue weighted by molar-refractivity contribution is 6.30. The zero-order chi connectivity index (χ0) is 25.7. The molecule has 32 heavy (non-hydrogen) atoms. The first kappa shape index (κ1) is 18.3. The van der Waals surface area contributed by atoms with E-state index < -0.39 is 47.7 Å². The topological polar surface area (TPSA) is 95.6 Å². The third-order valence-corrected chi connectivity index (χ3v) is 5.55. The molecule has 2 N–H and O–H groups in total. The van der Waals surface area contributed by atoms with E-state index >= 15 is 0 Å². The summed E-state index contributed by atoms with van der Waals surface area (Å²) >= 11 is 5.69. The van der Waals surface area contributed by atoms with E-state index in [1.807, 2.05) is 0 Å². The summed E-state index contributed by atoms with van der Waals surface area (Å²) in [6.07, 6.45) is -0.00664. The molecule has 4 amide bonds. The largest absolute Gasteiger partial charge is 0.349 e. The van der Waals surface area contributed by atoms with Gasteiger partial charge >= 0.3 is 5.92 Å². The number of fused-ring (bicyclic) bond motifs is 1. The number of carbonyl (C=O) groups is 4. The van der Waals surface area contributed by atoms with E-state index in [2.05, 4.69) is 0 Å². The number of halogens is 3. The molecule has 2 aliphatic heterocycles. The first-order chi connectivity index (χ1) is 16.4. The van der Waals surface area contributed by atoms with Crippen LogP contribution in [-0.4, -0.2) is 34.6 Å². The lowest BCUT2D eigenvalue weighted by molar-refractivity contribution is -0.147. The SMILES string of the molecule is [2H]C(c1ccc2c(c1)CN(C1CCC(=O)N([2H])C1=O)C2=O)N([2H])C(=O)C(F)(F)c1ccc(Cl)cc1. The number of imide groups is 1. The van der Waals surface area contributed by atoms with Crippen molar-refractivity contribution in [2.24, 2.45) is 0 Å². The summed E-state index contributed by atoms with van der Waals surface area (Å²) in [6.45, 7) is -1.90. The fourth-order valence-corrected chi connectivity index (χ4v) is 3.74. The number of carbonyl (C=O) groups excluding carboxylic acids is 4. The van der Waals surface area contributed by atoms with Gasteiger partial charge in [0, 0.05) is 35.6 Å². The fraction of sp³-hybridized carbons (Fsp3) is 0.273. The fourth-order valence-electron chi connectivity index (χ4n) is 3.62. The number of benzene rings is 2. The Bertz CT molecular complexity index is 1230. The lowest BCUT2D eigenvalue weighted by atomic mass is 10.0. The van der Waals surface area contributed by atoms with E-state index in [9.17, 15) is 28.0 Å². The smallest absolute Gasteiger partial charge is 0.346 e. The average Bonchev–Trinajstić information content (AvgIpc) is 3.16. The Kier molecular flexibility index (Phi) is 4.74. The molecule has 0 radical (unpaired) electrons. The van der Waals surface area contributed by atoms with Crippen molar-refractivity contribution in [1.82, 2.24) is 15.5 Å². The molecule has 2 unspecified atom stereocenters. The molecule has 0 aliphatic carbocycles. The second-order valence-electron chi connectivity index (χ2n) is 7.39. The zero-order valence-corrected chi connectivity index (χ0v) is 17.2. The Morgan fingerprint density at radius 1 is 1.28 bits per heavy atom. The quantitative estimate of drug-likeness (QED) is 0.665. The highest BCUT2D eigenvalue weighted by Crippen LogP contribution is 2.30. The molecule has 2 heterocycles. The van der Waals surface area contributed by atoms with Crippen molar-refractivity contribution in [2.75, 3.05) is 0 Å². The van der Waals surface area contributed by atoms with Crippen LogP contribution in [-0.2, 0) is 33.4 Å². The highest BCUT2D eigenvalue weighted by Gasteiger charge is 2.41. The molecule has 0 bridgehead atoms. The van der Waals surface area contributed by atoms with E-state index in [-0.39, 0.29) is 46.2 Å². The van der Waals surface area contributed by atoms with Crippen LogP contribution < -0.4 is 10.6 Å². The maximum absolute atomic E-state index is 14.7. The van der Waals surface area contributed by atoms with Crippen molar-refractivity contribution in [3.8, 4) is 0 Å². The van der Waals surface area contributed by atoms with Gasteiger partial charge in [-0.2, -0.15) is 8.78 Å². The molecule has 1 saturated heterocycles. The van der Waals surface area contributed by atoms with Crippen LogP contribution in [0.15, 0.2) is 42.5 Å². The minimum absolute atomic E-state index is 0.0147. The lowest BCUT2D eigenvalue weighted by Gasteiger charge is -2.29. The molecule has 2 aromatic rings. The van der Waals surface area contributed by atoms with Gasteiger partial charge < -0.3 is 10.2 Å². The Morgan fingerprint density at radius 2 is 2.00 bits per heavy atom. The molecular weight excluding hydrogens is 444 g/mol. The number of nitrogens with zero attached hydrogens (tertiary/aromatic N) is 1. The van der Waals surface area contributed by atoms with Crippen molar-refractivity contribution in [3.63, 3.8) is 0 Å². The summed E-state index contributed by atoms with van der Waals surface area (Å²) in [6, 6.07) is 7.23. The molecule has 2 aliphatic rings. The Labute approximate surface area is 191 Å². The predicted octanol–water partition coefficient (Wildman–Crippen LogP) is 2.51. The number of nitrogens with one attached hydrogen (secondary N) is 2. The summed E-state index contributed by atoms with van der Waals surface area (Å²) in [5.41, 5.74) is -0.0839. The summed E-state index contributed by atoms with van der Waals surface area (Å²) < 4.78 is 53.0. The van der Waals surface area contributed by atoms with E-state index in [0.29, 0.717) is 5.56 Å². The van der Waals surface area contributed by atoms with Gasteiger partial charge in [-0.3, -0.25) is 24.5 Å². The minimum Gasteiger partial charge on any atom is -0.346 e. The molecule has 0 spiro atoms. The lowest BCUT2D eigenvalue weighted by Crippen LogP contribution is -2.52.